The van der Waals surface area contributed by atoms with Crippen LogP contribution in [0.15, 0.2) is 95.3 Å². The number of ether oxygens (including phenoxy) is 2. The van der Waals surface area contributed by atoms with Crippen LogP contribution in [0.4, 0.5) is 37.7 Å². The first kappa shape index (κ1) is 61.6. The van der Waals surface area contributed by atoms with Gasteiger partial charge in [0.1, 0.15) is 24.3 Å². The van der Waals surface area contributed by atoms with Crippen molar-refractivity contribution in [3.63, 3.8) is 0 Å². The number of nitrogens with zero attached hydrogens (tertiary/aromatic N) is 12. The zero-order valence-electron chi connectivity index (χ0n) is 52.2. The molecule has 24 heteroatoms. The summed E-state index contributed by atoms with van der Waals surface area (Å²) in [5.41, 5.74) is 0.487. The number of rotatable bonds is 12. The van der Waals surface area contributed by atoms with Gasteiger partial charge in [-0.3, -0.25) is 42.6 Å². The van der Waals surface area contributed by atoms with Gasteiger partial charge in [-0.05, 0) is 104 Å². The number of pyridine rings is 2. The summed E-state index contributed by atoms with van der Waals surface area (Å²) < 4.78 is 115. The molecule has 0 N–H and O–H groups in total. The first-order chi connectivity index (χ1) is 42.5. The predicted octanol–water partition coefficient (Wildman–Crippen LogP) is 9.73. The highest BCUT2D eigenvalue weighted by Gasteiger charge is 2.48. The third-order valence-corrected chi connectivity index (χ3v) is 18.6. The Hall–Kier alpha value is -8.64. The van der Waals surface area contributed by atoms with E-state index in [0.717, 1.165) is 44.1 Å². The molecule has 0 radical (unpaired) electrons. The van der Waals surface area contributed by atoms with E-state index in [1.54, 1.807) is 126 Å². The van der Waals surface area contributed by atoms with Crippen molar-refractivity contribution in [2.75, 3.05) is 90.0 Å². The van der Waals surface area contributed by atoms with Gasteiger partial charge in [0.2, 0.25) is 5.91 Å². The van der Waals surface area contributed by atoms with E-state index in [-0.39, 0.29) is 115 Å². The van der Waals surface area contributed by atoms with Crippen molar-refractivity contribution in [3.8, 4) is 33.8 Å². The van der Waals surface area contributed by atoms with Gasteiger partial charge in [0, 0.05) is 133 Å². The van der Waals surface area contributed by atoms with Gasteiger partial charge >= 0.3 is 12.4 Å². The minimum absolute atomic E-state index is 0.0265. The second-order valence-corrected chi connectivity index (χ2v) is 25.2. The van der Waals surface area contributed by atoms with Crippen LogP contribution in [0, 0.1) is 13.8 Å². The van der Waals surface area contributed by atoms with Crippen molar-refractivity contribution in [2.45, 2.75) is 90.1 Å². The Balaban J connectivity index is 0.881. The fraction of sp³-hybridized carbons (Fsp3) is 0.424. The molecule has 2 fully saturated rings. The molecule has 4 aliphatic heterocycles. The van der Waals surface area contributed by atoms with Crippen LogP contribution in [-0.4, -0.2) is 164 Å². The predicted molar refractivity (Wildman–Crippen MR) is 336 cm³/mol. The number of piperazine rings is 2. The number of aromatic nitrogens is 6. The smallest absolute Gasteiger partial charge is 0.423 e. The molecule has 2 amide bonds. The molecule has 12 rings (SSSR count). The molecule has 4 aromatic heterocycles. The third kappa shape index (κ3) is 9.94. The lowest BCUT2D eigenvalue weighted by Crippen LogP contribution is -2.59. The number of amides is 2. The van der Waals surface area contributed by atoms with Crippen molar-refractivity contribution in [2.24, 2.45) is 14.1 Å². The summed E-state index contributed by atoms with van der Waals surface area (Å²) in [6, 6.07) is 9.87. The van der Waals surface area contributed by atoms with E-state index >= 15 is 31.1 Å². The van der Waals surface area contributed by atoms with Crippen LogP contribution in [0.5, 0.6) is 11.5 Å². The average molecular weight is 1240 g/mol. The number of halogens is 6. The van der Waals surface area contributed by atoms with Crippen molar-refractivity contribution in [1.29, 1.82) is 0 Å². The Morgan fingerprint density at radius 1 is 0.622 bits per heavy atom. The number of carbonyl (C=O) groups excluding carboxylic acids is 2. The van der Waals surface area contributed by atoms with E-state index < -0.39 is 76.8 Å². The molecule has 0 spiro atoms. The second-order valence-electron chi connectivity index (χ2n) is 25.2. The Bertz CT molecular complexity index is 4450. The van der Waals surface area contributed by atoms with Crippen LogP contribution in [-0.2, 0) is 36.0 Å². The molecular formula is C66H72F6N12O6. The van der Waals surface area contributed by atoms with Gasteiger partial charge in [0.15, 0.2) is 11.5 Å². The van der Waals surface area contributed by atoms with E-state index in [1.165, 1.54) is 20.1 Å². The van der Waals surface area contributed by atoms with Crippen LogP contribution >= 0.6 is 0 Å². The van der Waals surface area contributed by atoms with E-state index in [0.29, 0.717) is 11.1 Å². The lowest BCUT2D eigenvalue weighted by molar-refractivity contribution is -0.139. The van der Waals surface area contributed by atoms with Gasteiger partial charge in [-0.25, -0.2) is 0 Å². The molecule has 90 heavy (non-hydrogen) atoms. The summed E-state index contributed by atoms with van der Waals surface area (Å²) in [5, 5.41) is 10.9. The molecule has 0 aliphatic carbocycles. The fourth-order valence-corrected chi connectivity index (χ4v) is 14.6. The molecule has 474 valence electrons. The number of likely N-dealkylation sites (N-methyl/N-ethyl adjacent to an activating group) is 2. The maximum atomic E-state index is 16.0. The lowest BCUT2D eigenvalue weighted by Gasteiger charge is -2.47. The Morgan fingerprint density at radius 2 is 1.06 bits per heavy atom. The maximum Gasteiger partial charge on any atom is 0.423 e. The Labute approximate surface area is 515 Å². The van der Waals surface area contributed by atoms with E-state index in [1.807, 2.05) is 45.2 Å². The number of fused-ring (bicyclic) bond motifs is 2. The number of aryl methyl sites for hydroxylation is 4. The highest BCUT2D eigenvalue weighted by atomic mass is 19.4. The van der Waals surface area contributed by atoms with Crippen LogP contribution < -0.4 is 30.4 Å². The van der Waals surface area contributed by atoms with Gasteiger partial charge < -0.3 is 34.0 Å². The van der Waals surface area contributed by atoms with E-state index in [4.69, 9.17) is 9.47 Å². The molecule has 4 aromatic carbocycles. The standard InChI is InChI=1S/C66H72F6N12O6/c1-14-49(85)79-26-38(6)80(27-37(79)5)56-48-22-20-46(51-35(3)16-18-42-24-74-78(13)55(42)51)61-59(48)84(64(88)53(56)66(70,71)72)44(33-90-61)31-76(11)25-36(4)62(86)82-29-39(7)81(28-40(82)8)57-47-21-19-45(50-34(2)15-17-41-23-73-77(12)54(41)50)60-58(47)83(43(32-89-60)30-75(9)10)63(87)52(57)65(67,68)69/h14-24,37-40,43-44H,1,4,25-33H2,2-3,5-13H3/t37-,38+,39+,40-,43+,44-/m1/s1. The molecule has 0 bridgehead atoms. The highest BCUT2D eigenvalue weighted by Crippen LogP contribution is 2.51. The molecule has 8 aromatic rings. The normalized spacial score (nSPS) is 20.5. The Kier molecular flexibility index (Phi) is 15.3. The molecule has 0 unspecified atom stereocenters. The highest BCUT2D eigenvalue weighted by molar-refractivity contribution is 6.08. The summed E-state index contributed by atoms with van der Waals surface area (Å²) in [6.45, 7) is 18.1. The van der Waals surface area contributed by atoms with Gasteiger partial charge in [-0.1, -0.05) is 37.4 Å². The molecule has 0 saturated carbocycles. The van der Waals surface area contributed by atoms with Crippen LogP contribution in [0.2, 0.25) is 0 Å². The number of anilines is 2. The van der Waals surface area contributed by atoms with Crippen molar-refractivity contribution < 1.29 is 45.4 Å². The minimum Gasteiger partial charge on any atom is -0.488 e. The first-order valence-electron chi connectivity index (χ1n) is 30.0. The minimum atomic E-state index is -5.15. The maximum absolute atomic E-state index is 16.0. The van der Waals surface area contributed by atoms with Crippen molar-refractivity contribution >= 4 is 66.8 Å². The zero-order chi connectivity index (χ0) is 64.6. The average Bonchev–Trinajstić information content (AvgIpc) is 0.738. The second kappa shape index (κ2) is 22.4. The molecular weight excluding hydrogens is 1170 g/mol. The van der Waals surface area contributed by atoms with Crippen molar-refractivity contribution in [3.05, 3.63) is 129 Å². The molecule has 2 saturated heterocycles. The zero-order valence-corrected chi connectivity index (χ0v) is 52.2. The fourth-order valence-electron chi connectivity index (χ4n) is 14.6. The molecule has 6 atom stereocenters. The molecule has 4 aliphatic rings. The number of hydrogen-bond donors (Lipinski definition) is 0. The summed E-state index contributed by atoms with van der Waals surface area (Å²) in [5.74, 6) is -0.392. The topological polar surface area (TPSA) is 152 Å². The summed E-state index contributed by atoms with van der Waals surface area (Å²) in [4.78, 5) is 67.7. The third-order valence-electron chi connectivity index (χ3n) is 18.6. The number of alkyl halides is 6. The van der Waals surface area contributed by atoms with Crippen LogP contribution in [0.1, 0.15) is 62.0 Å². The lowest BCUT2D eigenvalue weighted by atomic mass is 9.93. The van der Waals surface area contributed by atoms with Gasteiger partial charge in [-0.2, -0.15) is 36.5 Å². The number of carbonyl (C=O) groups is 2. The van der Waals surface area contributed by atoms with Gasteiger partial charge in [0.25, 0.3) is 17.0 Å². The summed E-state index contributed by atoms with van der Waals surface area (Å²) in [7, 11) is 8.81. The van der Waals surface area contributed by atoms with E-state index in [9.17, 15) is 14.4 Å². The first-order valence-corrected chi connectivity index (χ1v) is 30.0. The number of benzene rings is 4. The summed E-state index contributed by atoms with van der Waals surface area (Å²) >= 11 is 0. The largest absolute Gasteiger partial charge is 0.488 e. The van der Waals surface area contributed by atoms with Gasteiger partial charge in [-0.15, -0.1) is 0 Å². The summed E-state index contributed by atoms with van der Waals surface area (Å²) in [6.07, 6.45) is -5.64. The molecule has 18 nitrogen and oxygen atoms in total. The monoisotopic (exact) mass is 1240 g/mol. The van der Waals surface area contributed by atoms with Crippen molar-refractivity contribution in [1.82, 2.24) is 48.3 Å². The molecule has 8 heterocycles. The Morgan fingerprint density at radius 3 is 1.49 bits per heavy atom. The SMILES string of the molecule is C=CC(=O)N1C[C@H](C)N(c2c(C(F)(F)F)c(=O)n3c4c(c(-c5c(C)ccc6cnn(C)c56)ccc24)OC[C@H]3CN(C)CC(=C)C(=O)N2C[C@H](C)N(c3c(C(F)(F)F)c(=O)n4c5c(c(-c6c(C)ccc7cnn(C)c67)ccc35)OC[C@@H]4CN(C)C)C[C@H]2C)C[C@H]1C. The van der Waals surface area contributed by atoms with Crippen LogP contribution in [0.25, 0.3) is 65.9 Å². The van der Waals surface area contributed by atoms with E-state index in [2.05, 4.69) is 23.4 Å². The number of hydrogen-bond acceptors (Lipinski definition) is 12. The quantitative estimate of drug-likeness (QED) is 0.0846. The van der Waals surface area contributed by atoms with Crippen LogP contribution in [0.3, 0.4) is 0 Å². The van der Waals surface area contributed by atoms with Gasteiger partial charge in [0.05, 0.1) is 57.9 Å².